The number of benzene rings is 2. The number of nitrogens with two attached hydrogens (primary N) is 1. The van der Waals surface area contributed by atoms with Crippen LogP contribution >= 0.6 is 23.4 Å². The average molecular weight is 447 g/mol. The van der Waals surface area contributed by atoms with Crippen LogP contribution in [0, 0.1) is 0 Å². The number of imide groups is 1. The summed E-state index contributed by atoms with van der Waals surface area (Å²) in [6.07, 6.45) is -1.15. The fourth-order valence-electron chi connectivity index (χ4n) is 2.74. The van der Waals surface area contributed by atoms with Gasteiger partial charge in [0.1, 0.15) is 0 Å². The first-order valence-electron chi connectivity index (χ1n) is 8.96. The molecule has 10 heteroatoms. The number of primary amides is 1. The van der Waals surface area contributed by atoms with Crippen LogP contribution in [0.4, 0.5) is 4.79 Å². The summed E-state index contributed by atoms with van der Waals surface area (Å²) in [5.41, 5.74) is 7.56. The molecule has 0 saturated carbocycles. The van der Waals surface area contributed by atoms with Crippen molar-refractivity contribution in [3.05, 3.63) is 59.1 Å². The molecule has 0 aliphatic carbocycles. The molecular weight excluding hydrogens is 428 g/mol. The van der Waals surface area contributed by atoms with Gasteiger partial charge >= 0.3 is 12.0 Å². The molecule has 0 aliphatic heterocycles. The molecule has 3 amide bonds. The SMILES string of the molecule is C[C@H](OC(=O)CSc1nc2cc(Cl)ccc2n1Cc1ccccc1)C(=O)NC(N)=O. The zero-order valence-corrected chi connectivity index (χ0v) is 17.6. The minimum atomic E-state index is -1.15. The van der Waals surface area contributed by atoms with Crippen molar-refractivity contribution in [2.24, 2.45) is 5.73 Å². The third kappa shape index (κ3) is 5.52. The molecule has 0 spiro atoms. The van der Waals surface area contributed by atoms with Gasteiger partial charge in [0.05, 0.1) is 23.3 Å². The number of amides is 3. The predicted molar refractivity (Wildman–Crippen MR) is 114 cm³/mol. The molecule has 1 aromatic heterocycles. The Kier molecular flexibility index (Phi) is 6.96. The van der Waals surface area contributed by atoms with Crippen LogP contribution in [0.1, 0.15) is 12.5 Å². The van der Waals surface area contributed by atoms with E-state index in [1.165, 1.54) is 18.7 Å². The summed E-state index contributed by atoms with van der Waals surface area (Å²) in [6.45, 7) is 1.92. The summed E-state index contributed by atoms with van der Waals surface area (Å²) in [5.74, 6) is -1.48. The lowest BCUT2D eigenvalue weighted by atomic mass is 10.2. The molecule has 156 valence electrons. The molecular formula is C20H19ClN4O4S. The highest BCUT2D eigenvalue weighted by Gasteiger charge is 2.20. The number of aromatic nitrogens is 2. The van der Waals surface area contributed by atoms with Gasteiger partial charge in [-0.1, -0.05) is 53.7 Å². The monoisotopic (exact) mass is 446 g/mol. The van der Waals surface area contributed by atoms with E-state index in [0.29, 0.717) is 22.2 Å². The van der Waals surface area contributed by atoms with Crippen molar-refractivity contribution in [3.63, 3.8) is 0 Å². The van der Waals surface area contributed by atoms with Crippen LogP contribution in [-0.2, 0) is 20.9 Å². The number of halogens is 1. The fraction of sp³-hybridized carbons (Fsp3) is 0.200. The van der Waals surface area contributed by atoms with Gasteiger partial charge in [0.25, 0.3) is 5.91 Å². The van der Waals surface area contributed by atoms with Gasteiger partial charge in [-0.15, -0.1) is 0 Å². The summed E-state index contributed by atoms with van der Waals surface area (Å²) in [4.78, 5) is 39.1. The Bertz CT molecular complexity index is 1090. The quantitative estimate of drug-likeness (QED) is 0.425. The van der Waals surface area contributed by atoms with Crippen LogP contribution in [-0.4, -0.2) is 39.3 Å². The molecule has 1 atom stereocenters. The highest BCUT2D eigenvalue weighted by molar-refractivity contribution is 7.99. The second-order valence-corrected chi connectivity index (χ2v) is 7.75. The smallest absolute Gasteiger partial charge is 0.318 e. The minimum Gasteiger partial charge on any atom is -0.452 e. The van der Waals surface area contributed by atoms with Crippen molar-refractivity contribution in [2.45, 2.75) is 24.7 Å². The Hall–Kier alpha value is -3.04. The predicted octanol–water partition coefficient (Wildman–Crippen LogP) is 2.96. The van der Waals surface area contributed by atoms with E-state index in [2.05, 4.69) is 4.98 Å². The molecule has 0 unspecified atom stereocenters. The zero-order chi connectivity index (χ0) is 21.7. The molecule has 3 N–H and O–H groups in total. The Morgan fingerprint density at radius 1 is 1.23 bits per heavy atom. The number of thioether (sulfide) groups is 1. The van der Waals surface area contributed by atoms with E-state index in [9.17, 15) is 14.4 Å². The lowest BCUT2D eigenvalue weighted by Gasteiger charge is -2.12. The van der Waals surface area contributed by atoms with Gasteiger partial charge in [-0.3, -0.25) is 14.9 Å². The molecule has 2 aromatic carbocycles. The second-order valence-electron chi connectivity index (χ2n) is 6.37. The lowest BCUT2D eigenvalue weighted by molar-refractivity contribution is -0.151. The number of carbonyl (C=O) groups is 3. The van der Waals surface area contributed by atoms with Crippen LogP contribution in [0.2, 0.25) is 5.02 Å². The molecule has 3 rings (SSSR count). The number of rotatable bonds is 7. The van der Waals surface area contributed by atoms with Gasteiger partial charge in [0, 0.05) is 5.02 Å². The molecule has 0 aliphatic rings. The van der Waals surface area contributed by atoms with Gasteiger partial charge in [0.15, 0.2) is 11.3 Å². The minimum absolute atomic E-state index is 0.0694. The van der Waals surface area contributed by atoms with E-state index < -0.39 is 24.0 Å². The molecule has 0 radical (unpaired) electrons. The highest BCUT2D eigenvalue weighted by Crippen LogP contribution is 2.27. The lowest BCUT2D eigenvalue weighted by Crippen LogP contribution is -2.42. The Labute approximate surface area is 181 Å². The van der Waals surface area contributed by atoms with Crippen LogP contribution < -0.4 is 11.1 Å². The summed E-state index contributed by atoms with van der Waals surface area (Å²) >= 11 is 7.27. The summed E-state index contributed by atoms with van der Waals surface area (Å²) in [5, 5.41) is 3.05. The van der Waals surface area contributed by atoms with Crippen LogP contribution in [0.3, 0.4) is 0 Å². The number of fused-ring (bicyclic) bond motifs is 1. The molecule has 30 heavy (non-hydrogen) atoms. The van der Waals surface area contributed by atoms with E-state index in [4.69, 9.17) is 22.1 Å². The molecule has 3 aromatic rings. The molecule has 0 fully saturated rings. The van der Waals surface area contributed by atoms with E-state index in [1.807, 2.05) is 46.3 Å². The first-order valence-corrected chi connectivity index (χ1v) is 10.3. The second kappa shape index (κ2) is 9.64. The van der Waals surface area contributed by atoms with E-state index >= 15 is 0 Å². The number of nitrogens with one attached hydrogen (secondary N) is 1. The number of carbonyl (C=O) groups excluding carboxylic acids is 3. The standard InChI is InChI=1S/C20H19ClN4O4S/c1-12(18(27)24-19(22)28)29-17(26)11-30-20-23-15-9-14(21)7-8-16(15)25(20)10-13-5-3-2-4-6-13/h2-9,12H,10-11H2,1H3,(H3,22,24,27,28)/t12-/m0/s1. The molecule has 0 saturated heterocycles. The largest absolute Gasteiger partial charge is 0.452 e. The maximum Gasteiger partial charge on any atom is 0.318 e. The zero-order valence-electron chi connectivity index (χ0n) is 16.0. The number of nitrogens with zero attached hydrogens (tertiary/aromatic N) is 2. The van der Waals surface area contributed by atoms with E-state index in [1.54, 1.807) is 12.1 Å². The fourth-order valence-corrected chi connectivity index (χ4v) is 3.70. The van der Waals surface area contributed by atoms with Crippen LogP contribution in [0.5, 0.6) is 0 Å². The van der Waals surface area contributed by atoms with Crippen molar-refractivity contribution in [3.8, 4) is 0 Å². The molecule has 0 bridgehead atoms. The number of imidazole rings is 1. The number of ether oxygens (including phenoxy) is 1. The maximum absolute atomic E-state index is 12.2. The van der Waals surface area contributed by atoms with E-state index in [0.717, 1.165) is 11.1 Å². The van der Waals surface area contributed by atoms with Crippen molar-refractivity contribution >= 4 is 52.3 Å². The summed E-state index contributed by atoms with van der Waals surface area (Å²) < 4.78 is 7.04. The summed E-state index contributed by atoms with van der Waals surface area (Å²) in [7, 11) is 0. The first kappa shape index (κ1) is 21.7. The van der Waals surface area contributed by atoms with Crippen molar-refractivity contribution in [2.75, 3.05) is 5.75 Å². The Morgan fingerprint density at radius 3 is 2.67 bits per heavy atom. The third-order valence-electron chi connectivity index (χ3n) is 4.10. The maximum atomic E-state index is 12.2. The van der Waals surface area contributed by atoms with Gasteiger partial charge < -0.3 is 15.0 Å². The van der Waals surface area contributed by atoms with Crippen molar-refractivity contribution < 1.29 is 19.1 Å². The number of esters is 1. The average Bonchev–Trinajstić information content (AvgIpc) is 3.03. The highest BCUT2D eigenvalue weighted by atomic mass is 35.5. The topological polar surface area (TPSA) is 116 Å². The number of urea groups is 1. The van der Waals surface area contributed by atoms with Crippen molar-refractivity contribution in [1.82, 2.24) is 14.9 Å². The number of hydrogen-bond acceptors (Lipinski definition) is 6. The number of hydrogen-bond donors (Lipinski definition) is 2. The third-order valence-corrected chi connectivity index (χ3v) is 5.29. The van der Waals surface area contributed by atoms with Crippen molar-refractivity contribution in [1.29, 1.82) is 0 Å². The van der Waals surface area contributed by atoms with Gasteiger partial charge in [-0.25, -0.2) is 9.78 Å². The van der Waals surface area contributed by atoms with Crippen LogP contribution in [0.25, 0.3) is 11.0 Å². The van der Waals surface area contributed by atoms with Crippen LogP contribution in [0.15, 0.2) is 53.7 Å². The van der Waals surface area contributed by atoms with Gasteiger partial charge in [-0.2, -0.15) is 0 Å². The summed E-state index contributed by atoms with van der Waals surface area (Å²) in [6, 6.07) is 14.3. The Morgan fingerprint density at radius 2 is 1.97 bits per heavy atom. The van der Waals surface area contributed by atoms with Gasteiger partial charge in [0.2, 0.25) is 0 Å². The van der Waals surface area contributed by atoms with Gasteiger partial charge in [-0.05, 0) is 30.7 Å². The molecule has 1 heterocycles. The first-order chi connectivity index (χ1) is 14.3. The normalized spacial score (nSPS) is 11.8. The Balaban J connectivity index is 1.75. The molecule has 8 nitrogen and oxygen atoms in total. The van der Waals surface area contributed by atoms with E-state index in [-0.39, 0.29) is 5.75 Å².